The van der Waals surface area contributed by atoms with Gasteiger partial charge in [-0.3, -0.25) is 0 Å². The van der Waals surface area contributed by atoms with Gasteiger partial charge in [0.2, 0.25) is 0 Å². The molecule has 1 N–H and O–H groups in total. The van der Waals surface area contributed by atoms with Gasteiger partial charge >= 0.3 is 12.3 Å². The van der Waals surface area contributed by atoms with Crippen molar-refractivity contribution in [3.05, 3.63) is 96.1 Å². The van der Waals surface area contributed by atoms with Crippen molar-refractivity contribution < 1.29 is 32.5 Å². The second-order valence-corrected chi connectivity index (χ2v) is 7.62. The smallest absolute Gasteiger partial charge is 0.482 e. The fourth-order valence-electron chi connectivity index (χ4n) is 2.88. The second-order valence-electron chi connectivity index (χ2n) is 6.52. The Morgan fingerprint density at radius 1 is 0.906 bits per heavy atom. The topological polar surface area (TPSA) is 55.8 Å². The van der Waals surface area contributed by atoms with Crippen molar-refractivity contribution in [3.63, 3.8) is 0 Å². The predicted octanol–water partition coefficient (Wildman–Crippen LogP) is 6.27. The normalized spacial score (nSPS) is 11.8. The Balaban J connectivity index is 1.77. The number of aliphatic carboxylic acids is 1. The average Bonchev–Trinajstić information content (AvgIpc) is 2.76. The third kappa shape index (κ3) is 7.39. The van der Waals surface area contributed by atoms with Crippen LogP contribution in [0.15, 0.2) is 89.8 Å². The standard InChI is InChI=1S/C24H19F3O4S/c25-24(26,27)31-20-8-4-7-18(15-20)22(17-5-2-1-3-6-17)13-14-32-21-11-9-19(10-12-21)30-16-23(28)29/h1-13,15H,14,16H2,(H,28,29). The van der Waals surface area contributed by atoms with E-state index in [1.54, 1.807) is 18.2 Å². The number of alkyl halides is 3. The van der Waals surface area contributed by atoms with Crippen LogP contribution in [0.4, 0.5) is 13.2 Å². The number of hydrogen-bond acceptors (Lipinski definition) is 4. The van der Waals surface area contributed by atoms with Gasteiger partial charge in [-0.1, -0.05) is 48.5 Å². The van der Waals surface area contributed by atoms with Crippen molar-refractivity contribution in [1.82, 2.24) is 0 Å². The molecule has 0 atom stereocenters. The molecule has 166 valence electrons. The maximum absolute atomic E-state index is 12.6. The third-order valence-corrected chi connectivity index (χ3v) is 5.13. The van der Waals surface area contributed by atoms with Gasteiger partial charge in [0, 0.05) is 10.6 Å². The number of halogens is 3. The minimum atomic E-state index is -4.76. The Morgan fingerprint density at radius 3 is 2.25 bits per heavy atom. The highest BCUT2D eigenvalue weighted by atomic mass is 32.2. The van der Waals surface area contributed by atoms with Crippen LogP contribution in [0.5, 0.6) is 11.5 Å². The summed E-state index contributed by atoms with van der Waals surface area (Å²) in [6.07, 6.45) is -2.81. The number of hydrogen-bond donors (Lipinski definition) is 1. The highest BCUT2D eigenvalue weighted by Gasteiger charge is 2.31. The van der Waals surface area contributed by atoms with Gasteiger partial charge in [0.1, 0.15) is 11.5 Å². The highest BCUT2D eigenvalue weighted by molar-refractivity contribution is 7.99. The molecule has 8 heteroatoms. The fourth-order valence-corrected chi connectivity index (χ4v) is 3.65. The zero-order valence-corrected chi connectivity index (χ0v) is 17.5. The molecule has 0 fully saturated rings. The summed E-state index contributed by atoms with van der Waals surface area (Å²) in [5, 5.41) is 8.66. The number of carboxylic acid groups (broad SMARTS) is 1. The third-order valence-electron chi connectivity index (χ3n) is 4.19. The van der Waals surface area contributed by atoms with Crippen molar-refractivity contribution in [3.8, 4) is 11.5 Å². The van der Waals surface area contributed by atoms with Crippen LogP contribution in [0, 0.1) is 0 Å². The summed E-state index contributed by atoms with van der Waals surface area (Å²) in [5.41, 5.74) is 2.26. The van der Waals surface area contributed by atoms with Crippen molar-refractivity contribution >= 4 is 23.3 Å². The molecule has 0 heterocycles. The number of carboxylic acids is 1. The quantitative estimate of drug-likeness (QED) is 0.381. The molecule has 0 amide bonds. The van der Waals surface area contributed by atoms with E-state index in [2.05, 4.69) is 4.74 Å². The minimum Gasteiger partial charge on any atom is -0.482 e. The van der Waals surface area contributed by atoms with Crippen LogP contribution < -0.4 is 9.47 Å². The molecule has 0 aliphatic heterocycles. The van der Waals surface area contributed by atoms with Crippen LogP contribution in [-0.4, -0.2) is 29.8 Å². The Bertz CT molecular complexity index is 1060. The van der Waals surface area contributed by atoms with Crippen molar-refractivity contribution in [2.45, 2.75) is 11.3 Å². The first-order chi connectivity index (χ1) is 15.3. The molecule has 0 aliphatic rings. The van der Waals surface area contributed by atoms with E-state index in [1.807, 2.05) is 48.5 Å². The van der Waals surface area contributed by atoms with Gasteiger partial charge in [0.25, 0.3) is 0 Å². The van der Waals surface area contributed by atoms with Crippen LogP contribution in [0.1, 0.15) is 11.1 Å². The molecule has 3 aromatic carbocycles. The molecule has 0 unspecified atom stereocenters. The van der Waals surface area contributed by atoms with E-state index in [1.165, 1.54) is 30.0 Å². The van der Waals surface area contributed by atoms with Crippen molar-refractivity contribution in [2.24, 2.45) is 0 Å². The van der Waals surface area contributed by atoms with E-state index in [0.29, 0.717) is 17.1 Å². The largest absolute Gasteiger partial charge is 0.573 e. The maximum Gasteiger partial charge on any atom is 0.573 e. The first kappa shape index (κ1) is 23.3. The lowest BCUT2D eigenvalue weighted by molar-refractivity contribution is -0.274. The van der Waals surface area contributed by atoms with E-state index in [0.717, 1.165) is 16.0 Å². The lowest BCUT2D eigenvalue weighted by Crippen LogP contribution is -2.17. The molecule has 3 rings (SSSR count). The lowest BCUT2D eigenvalue weighted by Gasteiger charge is -2.13. The summed E-state index contributed by atoms with van der Waals surface area (Å²) < 4.78 is 47.1. The van der Waals surface area contributed by atoms with Gasteiger partial charge in [-0.05, 0) is 53.1 Å². The summed E-state index contributed by atoms with van der Waals surface area (Å²) in [4.78, 5) is 11.5. The molecule has 3 aromatic rings. The number of thioether (sulfide) groups is 1. The molecule has 0 aliphatic carbocycles. The molecule has 0 bridgehead atoms. The van der Waals surface area contributed by atoms with E-state index in [-0.39, 0.29) is 5.75 Å². The van der Waals surface area contributed by atoms with Crippen molar-refractivity contribution in [1.29, 1.82) is 0 Å². The molecule has 0 saturated heterocycles. The number of rotatable bonds is 9. The zero-order valence-electron chi connectivity index (χ0n) is 16.7. The number of benzene rings is 3. The molecule has 0 spiro atoms. The minimum absolute atomic E-state index is 0.276. The summed E-state index contributed by atoms with van der Waals surface area (Å²) in [6, 6.07) is 22.3. The average molecular weight is 460 g/mol. The Kier molecular flexibility index (Phi) is 7.83. The predicted molar refractivity (Wildman–Crippen MR) is 117 cm³/mol. The molecular formula is C24H19F3O4S. The summed E-state index contributed by atoms with van der Waals surface area (Å²) in [6.45, 7) is -0.410. The van der Waals surface area contributed by atoms with Gasteiger partial charge in [-0.2, -0.15) is 0 Å². The molecule has 32 heavy (non-hydrogen) atoms. The SMILES string of the molecule is O=C(O)COc1ccc(SCC=C(c2ccccc2)c2cccc(OC(F)(F)F)c2)cc1. The summed E-state index contributed by atoms with van der Waals surface area (Å²) >= 11 is 1.53. The lowest BCUT2D eigenvalue weighted by atomic mass is 9.98. The summed E-state index contributed by atoms with van der Waals surface area (Å²) in [7, 11) is 0. The second kappa shape index (κ2) is 10.8. The van der Waals surface area contributed by atoms with Crippen LogP contribution in [-0.2, 0) is 4.79 Å². The van der Waals surface area contributed by atoms with Crippen LogP contribution in [0.25, 0.3) is 5.57 Å². The molecular weight excluding hydrogens is 441 g/mol. The van der Waals surface area contributed by atoms with E-state index in [9.17, 15) is 18.0 Å². The highest BCUT2D eigenvalue weighted by Crippen LogP contribution is 2.30. The first-order valence-corrected chi connectivity index (χ1v) is 10.5. The van der Waals surface area contributed by atoms with E-state index < -0.39 is 18.9 Å². The number of ether oxygens (including phenoxy) is 2. The molecule has 0 saturated carbocycles. The van der Waals surface area contributed by atoms with E-state index in [4.69, 9.17) is 9.84 Å². The van der Waals surface area contributed by atoms with Gasteiger partial charge < -0.3 is 14.6 Å². The van der Waals surface area contributed by atoms with Gasteiger partial charge in [0.05, 0.1) is 0 Å². The molecule has 0 aromatic heterocycles. The zero-order chi connectivity index (χ0) is 23.0. The molecule has 0 radical (unpaired) electrons. The fraction of sp³-hybridized carbons (Fsp3) is 0.125. The van der Waals surface area contributed by atoms with Gasteiger partial charge in [-0.25, -0.2) is 4.79 Å². The Morgan fingerprint density at radius 2 is 1.59 bits per heavy atom. The monoisotopic (exact) mass is 460 g/mol. The number of carbonyl (C=O) groups is 1. The van der Waals surface area contributed by atoms with E-state index >= 15 is 0 Å². The van der Waals surface area contributed by atoms with Crippen LogP contribution in [0.3, 0.4) is 0 Å². The summed E-state index contributed by atoms with van der Waals surface area (Å²) in [5.74, 6) is -0.309. The van der Waals surface area contributed by atoms with Gasteiger partial charge in [0.15, 0.2) is 6.61 Å². The Hall–Kier alpha value is -3.39. The van der Waals surface area contributed by atoms with Crippen LogP contribution >= 0.6 is 11.8 Å². The maximum atomic E-state index is 12.6. The van der Waals surface area contributed by atoms with Crippen molar-refractivity contribution in [2.75, 3.05) is 12.4 Å². The van der Waals surface area contributed by atoms with Crippen LogP contribution in [0.2, 0.25) is 0 Å². The Labute approximate surface area is 187 Å². The first-order valence-electron chi connectivity index (χ1n) is 9.49. The molecule has 4 nitrogen and oxygen atoms in total. The van der Waals surface area contributed by atoms with Gasteiger partial charge in [-0.15, -0.1) is 24.9 Å².